The van der Waals surface area contributed by atoms with E-state index >= 15 is 0 Å². The van der Waals surface area contributed by atoms with Crippen LogP contribution in [0.15, 0.2) is 30.7 Å². The molecule has 0 fully saturated rings. The average Bonchev–Trinajstić information content (AvgIpc) is 3.33. The summed E-state index contributed by atoms with van der Waals surface area (Å²) in [6.07, 6.45) is -6.91. The summed E-state index contributed by atoms with van der Waals surface area (Å²) in [5.74, 6) is -1.53. The molecule has 0 aliphatic heterocycles. The summed E-state index contributed by atoms with van der Waals surface area (Å²) < 4.78 is 76.1. The SMILES string of the molecule is O=C(CCC(F)(F)F)NCc1cnn2cc(CNC(=O)c3ccnn3CC(F)(F)F)nc2c1. The molecule has 0 saturated heterocycles. The predicted molar refractivity (Wildman–Crippen MR) is 99.6 cm³/mol. The second-order valence-corrected chi connectivity index (χ2v) is 6.96. The third-order valence-electron chi connectivity index (χ3n) is 4.26. The first-order chi connectivity index (χ1) is 15.4. The lowest BCUT2D eigenvalue weighted by Crippen LogP contribution is -2.28. The van der Waals surface area contributed by atoms with Gasteiger partial charge < -0.3 is 10.6 Å². The number of nitrogens with zero attached hydrogens (tertiary/aromatic N) is 5. The van der Waals surface area contributed by atoms with Gasteiger partial charge in [0.15, 0.2) is 5.65 Å². The number of carbonyl (C=O) groups is 2. The Labute approximate surface area is 181 Å². The van der Waals surface area contributed by atoms with Crippen LogP contribution >= 0.6 is 0 Å². The van der Waals surface area contributed by atoms with Crippen molar-refractivity contribution < 1.29 is 35.9 Å². The van der Waals surface area contributed by atoms with Crippen LogP contribution in [0.5, 0.6) is 0 Å². The highest BCUT2D eigenvalue weighted by molar-refractivity contribution is 5.92. The number of nitrogens with one attached hydrogen (secondary N) is 2. The maximum Gasteiger partial charge on any atom is 0.408 e. The van der Waals surface area contributed by atoms with Crippen LogP contribution in [0.25, 0.3) is 5.65 Å². The van der Waals surface area contributed by atoms with E-state index in [1.807, 2.05) is 0 Å². The van der Waals surface area contributed by atoms with Crippen molar-refractivity contribution in [3.8, 4) is 0 Å². The molecule has 3 heterocycles. The number of imidazole rings is 1. The molecule has 0 aliphatic carbocycles. The van der Waals surface area contributed by atoms with Crippen molar-refractivity contribution >= 4 is 17.5 Å². The van der Waals surface area contributed by atoms with Gasteiger partial charge in [0, 0.05) is 19.2 Å². The van der Waals surface area contributed by atoms with Gasteiger partial charge in [0.25, 0.3) is 5.91 Å². The average molecular weight is 477 g/mol. The molecule has 2 amide bonds. The zero-order chi connectivity index (χ0) is 24.2. The molecule has 0 saturated carbocycles. The molecule has 9 nitrogen and oxygen atoms in total. The maximum absolute atomic E-state index is 12.6. The molecule has 0 bridgehead atoms. The first-order valence-electron chi connectivity index (χ1n) is 9.43. The van der Waals surface area contributed by atoms with Crippen molar-refractivity contribution in [3.63, 3.8) is 0 Å². The van der Waals surface area contributed by atoms with Gasteiger partial charge in [-0.25, -0.2) is 9.50 Å². The van der Waals surface area contributed by atoms with Crippen LogP contribution in [0.3, 0.4) is 0 Å². The van der Waals surface area contributed by atoms with Crippen LogP contribution in [0, 0.1) is 0 Å². The van der Waals surface area contributed by atoms with Gasteiger partial charge in [-0.15, -0.1) is 0 Å². The van der Waals surface area contributed by atoms with Crippen LogP contribution < -0.4 is 10.6 Å². The fourth-order valence-electron chi connectivity index (χ4n) is 2.77. The number of hydrogen-bond donors (Lipinski definition) is 2. The highest BCUT2D eigenvalue weighted by Crippen LogP contribution is 2.21. The molecular formula is C18H17F6N7O2. The third kappa shape index (κ3) is 7.18. The van der Waals surface area contributed by atoms with Gasteiger partial charge in [0.1, 0.15) is 12.2 Å². The number of aromatic nitrogens is 5. The van der Waals surface area contributed by atoms with Crippen molar-refractivity contribution in [2.45, 2.75) is 44.8 Å². The predicted octanol–water partition coefficient (Wildman–Crippen LogP) is 2.38. The Morgan fingerprint density at radius 3 is 2.45 bits per heavy atom. The summed E-state index contributed by atoms with van der Waals surface area (Å²) >= 11 is 0. The molecule has 3 aromatic heterocycles. The van der Waals surface area contributed by atoms with Gasteiger partial charge in [0.2, 0.25) is 5.91 Å². The zero-order valence-corrected chi connectivity index (χ0v) is 16.7. The van der Waals surface area contributed by atoms with Crippen LogP contribution in [-0.2, 0) is 24.4 Å². The van der Waals surface area contributed by atoms with E-state index in [0.29, 0.717) is 21.6 Å². The van der Waals surface area contributed by atoms with Crippen molar-refractivity contribution in [2.75, 3.05) is 0 Å². The lowest BCUT2D eigenvalue weighted by Gasteiger charge is -2.10. The van der Waals surface area contributed by atoms with Crippen molar-refractivity contribution in [1.29, 1.82) is 0 Å². The van der Waals surface area contributed by atoms with Gasteiger partial charge in [-0.05, 0) is 17.7 Å². The Balaban J connectivity index is 1.57. The van der Waals surface area contributed by atoms with E-state index in [1.165, 1.54) is 16.9 Å². The minimum absolute atomic E-state index is 0.0533. The topological polar surface area (TPSA) is 106 Å². The molecular weight excluding hydrogens is 460 g/mol. The largest absolute Gasteiger partial charge is 0.408 e. The molecule has 0 radical (unpaired) electrons. The fraction of sp³-hybridized carbons (Fsp3) is 0.389. The maximum atomic E-state index is 12.6. The van der Waals surface area contributed by atoms with Gasteiger partial charge in [-0.3, -0.25) is 14.3 Å². The second kappa shape index (κ2) is 9.46. The monoisotopic (exact) mass is 477 g/mol. The first-order valence-corrected chi connectivity index (χ1v) is 9.43. The Hall–Kier alpha value is -3.65. The summed E-state index contributed by atoms with van der Waals surface area (Å²) in [6, 6.07) is 2.70. The highest BCUT2D eigenvalue weighted by atomic mass is 19.4. The molecule has 178 valence electrons. The number of alkyl halides is 6. The quantitative estimate of drug-likeness (QED) is 0.485. The summed E-state index contributed by atoms with van der Waals surface area (Å²) in [5.41, 5.74) is 0.908. The van der Waals surface area contributed by atoms with E-state index in [9.17, 15) is 35.9 Å². The van der Waals surface area contributed by atoms with Crippen molar-refractivity contribution in [1.82, 2.24) is 35.0 Å². The number of fused-ring (bicyclic) bond motifs is 1. The van der Waals surface area contributed by atoms with E-state index in [1.54, 1.807) is 6.07 Å². The first kappa shape index (κ1) is 24.0. The lowest BCUT2D eigenvalue weighted by molar-refractivity contribution is -0.144. The van der Waals surface area contributed by atoms with Crippen LogP contribution in [0.4, 0.5) is 26.3 Å². The molecule has 0 aliphatic rings. The Bertz CT molecular complexity index is 1140. The Morgan fingerprint density at radius 2 is 1.76 bits per heavy atom. The van der Waals surface area contributed by atoms with Crippen LogP contribution in [0.1, 0.15) is 34.6 Å². The number of rotatable bonds is 8. The summed E-state index contributed by atoms with van der Waals surface area (Å²) in [5, 5.41) is 12.4. The highest BCUT2D eigenvalue weighted by Gasteiger charge is 2.30. The van der Waals surface area contributed by atoms with E-state index in [4.69, 9.17) is 0 Å². The van der Waals surface area contributed by atoms with Gasteiger partial charge in [-0.1, -0.05) is 0 Å². The van der Waals surface area contributed by atoms with E-state index in [2.05, 4.69) is 25.8 Å². The minimum Gasteiger partial charge on any atom is -0.352 e. The molecule has 3 aromatic rings. The Morgan fingerprint density at radius 1 is 1.00 bits per heavy atom. The van der Waals surface area contributed by atoms with E-state index in [-0.39, 0.29) is 18.8 Å². The van der Waals surface area contributed by atoms with Gasteiger partial charge >= 0.3 is 12.4 Å². The molecule has 2 N–H and O–H groups in total. The summed E-state index contributed by atoms with van der Waals surface area (Å²) in [7, 11) is 0. The molecule has 33 heavy (non-hydrogen) atoms. The second-order valence-electron chi connectivity index (χ2n) is 6.96. The standard InChI is InChI=1S/C18H17F6N7O2/c19-17(20,21)3-1-15(32)25-6-11-5-14-29-12(9-30(14)28-7-11)8-26-16(33)13-2-4-27-31(13)10-18(22,23)24/h2,4-5,7,9H,1,3,6,8,10H2,(H,25,32)(H,26,33). The Kier molecular flexibility index (Phi) is 6.88. The molecule has 3 rings (SSSR count). The number of carbonyl (C=O) groups excluding carboxylic acids is 2. The summed E-state index contributed by atoms with van der Waals surface area (Å²) in [6.45, 7) is -1.57. The van der Waals surface area contributed by atoms with Crippen LogP contribution in [0.2, 0.25) is 0 Å². The van der Waals surface area contributed by atoms with Crippen LogP contribution in [-0.4, -0.2) is 48.5 Å². The number of halogens is 6. The van der Waals surface area contributed by atoms with Crippen molar-refractivity contribution in [2.24, 2.45) is 0 Å². The fourth-order valence-corrected chi connectivity index (χ4v) is 2.77. The number of amides is 2. The third-order valence-corrected chi connectivity index (χ3v) is 4.26. The minimum atomic E-state index is -4.54. The van der Waals surface area contributed by atoms with E-state index < -0.39 is 43.6 Å². The molecule has 15 heteroatoms. The smallest absolute Gasteiger partial charge is 0.352 e. The van der Waals surface area contributed by atoms with Crippen molar-refractivity contribution in [3.05, 3.63) is 47.7 Å². The van der Waals surface area contributed by atoms with E-state index in [0.717, 1.165) is 12.3 Å². The van der Waals surface area contributed by atoms with Gasteiger partial charge in [0.05, 0.1) is 31.1 Å². The molecule has 0 atom stereocenters. The molecule has 0 unspecified atom stereocenters. The molecule has 0 aromatic carbocycles. The normalized spacial score (nSPS) is 12.2. The number of hydrogen-bond acceptors (Lipinski definition) is 5. The lowest BCUT2D eigenvalue weighted by atomic mass is 10.2. The molecule has 0 spiro atoms. The summed E-state index contributed by atoms with van der Waals surface area (Å²) in [4.78, 5) is 28.0. The van der Waals surface area contributed by atoms with Gasteiger partial charge in [-0.2, -0.15) is 36.5 Å². The zero-order valence-electron chi connectivity index (χ0n) is 16.7.